The van der Waals surface area contributed by atoms with E-state index >= 15 is 0 Å². The number of rotatable bonds is 7. The standard InChI is InChI=1S/C26H29N3O3S/c1-3-21-23(25(31)32-2)24(29-15-8-16-33-26(29)28-21)19-11-7-12-20(17-19)27-22(30)14-13-18-9-5-4-6-10-18/h4-7,9-12,17,24H,3,8,13-16H2,1-2H3,(H,27,30)/t24-/m0/s1. The summed E-state index contributed by atoms with van der Waals surface area (Å²) in [5, 5.41) is 3.97. The van der Waals surface area contributed by atoms with Crippen molar-refractivity contribution >= 4 is 34.5 Å². The number of esters is 1. The lowest BCUT2D eigenvalue weighted by Gasteiger charge is -2.40. The average Bonchev–Trinajstić information content (AvgIpc) is 2.86. The fourth-order valence-electron chi connectivity index (χ4n) is 4.27. The number of aryl methyl sites for hydroxylation is 1. The van der Waals surface area contributed by atoms with Gasteiger partial charge < -0.3 is 15.0 Å². The SMILES string of the molecule is CCC1=C(C(=O)OC)[C@H](c2cccc(NC(=O)CCc3ccccc3)c2)N2CCCSC2=N1. The number of hydrogen-bond acceptors (Lipinski definition) is 6. The first-order chi connectivity index (χ1) is 16.1. The summed E-state index contributed by atoms with van der Waals surface area (Å²) in [4.78, 5) is 32.4. The van der Waals surface area contributed by atoms with Crippen molar-refractivity contribution in [2.24, 2.45) is 4.99 Å². The summed E-state index contributed by atoms with van der Waals surface area (Å²) >= 11 is 1.73. The van der Waals surface area contributed by atoms with Crippen molar-refractivity contribution in [1.82, 2.24) is 4.90 Å². The Morgan fingerprint density at radius 2 is 2.00 bits per heavy atom. The van der Waals surface area contributed by atoms with Gasteiger partial charge in [0.1, 0.15) is 0 Å². The molecule has 1 amide bonds. The van der Waals surface area contributed by atoms with Gasteiger partial charge in [0.25, 0.3) is 0 Å². The quantitative estimate of drug-likeness (QED) is 0.589. The van der Waals surface area contributed by atoms with E-state index in [2.05, 4.69) is 10.2 Å². The number of amides is 1. The van der Waals surface area contributed by atoms with Crippen LogP contribution in [0.4, 0.5) is 5.69 Å². The van der Waals surface area contributed by atoms with E-state index in [0.29, 0.717) is 24.8 Å². The van der Waals surface area contributed by atoms with Crippen LogP contribution in [0.3, 0.4) is 0 Å². The van der Waals surface area contributed by atoms with Crippen LogP contribution in [0.1, 0.15) is 43.4 Å². The maximum absolute atomic E-state index is 12.8. The molecule has 33 heavy (non-hydrogen) atoms. The summed E-state index contributed by atoms with van der Waals surface area (Å²) in [5.41, 5.74) is 4.15. The number of nitrogens with zero attached hydrogens (tertiary/aromatic N) is 2. The fraction of sp³-hybridized carbons (Fsp3) is 0.346. The Bertz CT molecular complexity index is 1080. The molecule has 172 valence electrons. The number of fused-ring (bicyclic) bond motifs is 1. The molecule has 2 aromatic rings. The first kappa shape index (κ1) is 23.1. The van der Waals surface area contributed by atoms with Gasteiger partial charge in [-0.3, -0.25) is 4.79 Å². The minimum Gasteiger partial charge on any atom is -0.466 e. The lowest BCUT2D eigenvalue weighted by atomic mass is 9.93. The molecule has 2 aliphatic rings. The molecule has 2 aliphatic heterocycles. The highest BCUT2D eigenvalue weighted by Gasteiger charge is 2.38. The van der Waals surface area contributed by atoms with E-state index in [9.17, 15) is 9.59 Å². The van der Waals surface area contributed by atoms with Crippen molar-refractivity contribution in [2.45, 2.75) is 38.6 Å². The minimum absolute atomic E-state index is 0.0339. The van der Waals surface area contributed by atoms with Gasteiger partial charge in [0, 0.05) is 24.4 Å². The van der Waals surface area contributed by atoms with Crippen LogP contribution in [0.5, 0.6) is 0 Å². The van der Waals surface area contributed by atoms with Gasteiger partial charge in [0.2, 0.25) is 5.91 Å². The Balaban J connectivity index is 1.58. The van der Waals surface area contributed by atoms with Crippen molar-refractivity contribution in [3.8, 4) is 0 Å². The Morgan fingerprint density at radius 3 is 2.76 bits per heavy atom. The molecule has 0 saturated carbocycles. The number of ether oxygens (including phenoxy) is 1. The molecule has 1 atom stereocenters. The number of anilines is 1. The van der Waals surface area contributed by atoms with Crippen molar-refractivity contribution in [2.75, 3.05) is 24.7 Å². The van der Waals surface area contributed by atoms with Crippen molar-refractivity contribution in [3.05, 3.63) is 77.0 Å². The highest BCUT2D eigenvalue weighted by Crippen LogP contribution is 2.41. The molecule has 6 nitrogen and oxygen atoms in total. The lowest BCUT2D eigenvalue weighted by Crippen LogP contribution is -2.42. The van der Waals surface area contributed by atoms with Gasteiger partial charge in [-0.05, 0) is 42.5 Å². The molecular formula is C26H29N3O3S. The molecule has 0 bridgehead atoms. The molecule has 1 fully saturated rings. The van der Waals surface area contributed by atoms with Gasteiger partial charge in [-0.2, -0.15) is 0 Å². The van der Waals surface area contributed by atoms with E-state index in [4.69, 9.17) is 9.73 Å². The number of carbonyl (C=O) groups excluding carboxylic acids is 2. The van der Waals surface area contributed by atoms with Gasteiger partial charge in [0.05, 0.1) is 24.4 Å². The summed E-state index contributed by atoms with van der Waals surface area (Å²) in [6.07, 6.45) is 2.76. The molecule has 0 radical (unpaired) electrons. The second-order valence-electron chi connectivity index (χ2n) is 8.06. The third-order valence-corrected chi connectivity index (χ3v) is 6.93. The van der Waals surface area contributed by atoms with E-state index in [1.165, 1.54) is 7.11 Å². The number of thioether (sulfide) groups is 1. The van der Waals surface area contributed by atoms with Crippen molar-refractivity contribution < 1.29 is 14.3 Å². The van der Waals surface area contributed by atoms with Crippen LogP contribution < -0.4 is 5.32 Å². The molecule has 0 spiro atoms. The van der Waals surface area contributed by atoms with E-state index in [1.807, 2.05) is 61.5 Å². The van der Waals surface area contributed by atoms with Gasteiger partial charge in [-0.25, -0.2) is 9.79 Å². The fourth-order valence-corrected chi connectivity index (χ4v) is 5.26. The topological polar surface area (TPSA) is 71.0 Å². The molecule has 2 heterocycles. The van der Waals surface area contributed by atoms with E-state index < -0.39 is 0 Å². The molecular weight excluding hydrogens is 434 g/mol. The first-order valence-corrected chi connectivity index (χ1v) is 12.3. The van der Waals surface area contributed by atoms with Gasteiger partial charge in [-0.15, -0.1) is 0 Å². The lowest BCUT2D eigenvalue weighted by molar-refractivity contribution is -0.137. The normalized spacial score (nSPS) is 17.8. The van der Waals surface area contributed by atoms with E-state index in [1.54, 1.807) is 11.8 Å². The summed E-state index contributed by atoms with van der Waals surface area (Å²) in [7, 11) is 1.41. The number of aliphatic imine (C=N–C) groups is 1. The van der Waals surface area contributed by atoms with Gasteiger partial charge >= 0.3 is 5.97 Å². The molecule has 1 N–H and O–H groups in total. The van der Waals surface area contributed by atoms with Gasteiger partial charge in [0.15, 0.2) is 5.17 Å². The van der Waals surface area contributed by atoms with Crippen LogP contribution in [0.15, 0.2) is 70.9 Å². The third-order valence-electron chi connectivity index (χ3n) is 5.86. The Morgan fingerprint density at radius 1 is 1.18 bits per heavy atom. The first-order valence-electron chi connectivity index (χ1n) is 11.3. The maximum atomic E-state index is 12.8. The van der Waals surface area contributed by atoms with Crippen LogP contribution in [0.2, 0.25) is 0 Å². The van der Waals surface area contributed by atoms with Gasteiger partial charge in [-0.1, -0.05) is 61.2 Å². The highest BCUT2D eigenvalue weighted by molar-refractivity contribution is 8.13. The third kappa shape index (κ3) is 5.30. The average molecular weight is 464 g/mol. The number of benzene rings is 2. The second kappa shape index (κ2) is 10.7. The predicted molar refractivity (Wildman–Crippen MR) is 133 cm³/mol. The van der Waals surface area contributed by atoms with Crippen molar-refractivity contribution in [3.63, 3.8) is 0 Å². The Labute approximate surface area is 199 Å². The minimum atomic E-state index is -0.354. The largest absolute Gasteiger partial charge is 0.466 e. The second-order valence-corrected chi connectivity index (χ2v) is 9.12. The van der Waals surface area contributed by atoms with Crippen molar-refractivity contribution in [1.29, 1.82) is 0 Å². The summed E-state index contributed by atoms with van der Waals surface area (Å²) < 4.78 is 5.15. The number of allylic oxidation sites excluding steroid dienone is 1. The number of nitrogens with one attached hydrogen (secondary N) is 1. The van der Waals surface area contributed by atoms with Crippen LogP contribution in [-0.2, 0) is 20.7 Å². The Hall–Kier alpha value is -3.06. The van der Waals surface area contributed by atoms with Crippen LogP contribution >= 0.6 is 11.8 Å². The van der Waals surface area contributed by atoms with E-state index in [-0.39, 0.29) is 17.9 Å². The zero-order valence-electron chi connectivity index (χ0n) is 19.0. The monoisotopic (exact) mass is 463 g/mol. The molecule has 0 aliphatic carbocycles. The number of methoxy groups -OCH3 is 1. The highest BCUT2D eigenvalue weighted by atomic mass is 32.2. The summed E-state index contributed by atoms with van der Waals surface area (Å²) in [6, 6.07) is 17.5. The van der Waals surface area contributed by atoms with Crippen LogP contribution in [0, 0.1) is 0 Å². The maximum Gasteiger partial charge on any atom is 0.338 e. The molecule has 7 heteroatoms. The van der Waals surface area contributed by atoms with Crippen LogP contribution in [-0.4, -0.2) is 41.4 Å². The number of hydrogen-bond donors (Lipinski definition) is 1. The molecule has 0 aromatic heterocycles. The molecule has 2 aromatic carbocycles. The molecule has 4 rings (SSSR count). The number of amidine groups is 1. The predicted octanol–water partition coefficient (Wildman–Crippen LogP) is 4.94. The zero-order chi connectivity index (χ0) is 23.2. The zero-order valence-corrected chi connectivity index (χ0v) is 19.9. The van der Waals surface area contributed by atoms with E-state index in [0.717, 1.165) is 46.4 Å². The summed E-state index contributed by atoms with van der Waals surface area (Å²) in [5.74, 6) is 0.630. The molecule has 0 unspecified atom stereocenters. The Kier molecular flexibility index (Phi) is 7.50. The number of carbonyl (C=O) groups is 2. The smallest absolute Gasteiger partial charge is 0.338 e. The molecule has 1 saturated heterocycles. The summed E-state index contributed by atoms with van der Waals surface area (Å²) in [6.45, 7) is 2.83. The van der Waals surface area contributed by atoms with Crippen LogP contribution in [0.25, 0.3) is 0 Å².